The molecule has 0 amide bonds. The number of hydrogen-bond acceptors (Lipinski definition) is 3. The molecule has 1 aromatic rings. The van der Waals surface area contributed by atoms with Crippen LogP contribution in [0, 0.1) is 0 Å². The lowest BCUT2D eigenvalue weighted by Gasteiger charge is -2.13. The average Bonchev–Trinajstić information content (AvgIpc) is 2.64. The van der Waals surface area contributed by atoms with Crippen LogP contribution in [0.5, 0.6) is 0 Å². The summed E-state index contributed by atoms with van der Waals surface area (Å²) in [5.41, 5.74) is 0. The van der Waals surface area contributed by atoms with Crippen LogP contribution in [0.3, 0.4) is 0 Å². The van der Waals surface area contributed by atoms with Gasteiger partial charge in [-0.15, -0.1) is 0 Å². The number of aliphatic carboxylic acids is 1. The number of carboxylic acids is 1. The van der Waals surface area contributed by atoms with Crippen LogP contribution in [0.25, 0.3) is 0 Å². The van der Waals surface area contributed by atoms with E-state index in [0.717, 1.165) is 6.42 Å². The molecule has 1 aromatic heterocycles. The fourth-order valence-corrected chi connectivity index (χ4v) is 1.14. The molecule has 1 atom stereocenters. The molecule has 0 saturated heterocycles. The zero-order valence-electron chi connectivity index (χ0n) is 8.18. The molecular formula is C9H15N3O2. The van der Waals surface area contributed by atoms with Crippen molar-refractivity contribution in [1.29, 1.82) is 0 Å². The topological polar surface area (TPSA) is 67.2 Å². The number of carboxylic acid groups (broad SMARTS) is 1. The molecule has 0 saturated carbocycles. The van der Waals surface area contributed by atoms with Gasteiger partial charge in [-0.25, -0.2) is 0 Å². The second-order valence-electron chi connectivity index (χ2n) is 3.07. The number of hydrogen-bond donors (Lipinski definition) is 2. The molecule has 0 bridgehead atoms. The maximum atomic E-state index is 10.8. The Kier molecular flexibility index (Phi) is 4.12. The molecule has 0 radical (unpaired) electrons. The van der Waals surface area contributed by atoms with E-state index in [2.05, 4.69) is 10.4 Å². The SMILES string of the molecule is CCCNC(Cn1cccn1)C(=O)O. The van der Waals surface area contributed by atoms with Gasteiger partial charge in [0, 0.05) is 12.4 Å². The molecule has 0 aliphatic heterocycles. The van der Waals surface area contributed by atoms with Crippen molar-refractivity contribution in [3.05, 3.63) is 18.5 Å². The van der Waals surface area contributed by atoms with Gasteiger partial charge in [0.1, 0.15) is 6.04 Å². The zero-order chi connectivity index (χ0) is 10.4. The van der Waals surface area contributed by atoms with Gasteiger partial charge in [0.25, 0.3) is 0 Å². The molecule has 1 heterocycles. The highest BCUT2D eigenvalue weighted by molar-refractivity contribution is 5.73. The minimum absolute atomic E-state index is 0.363. The molecule has 5 heteroatoms. The molecule has 1 rings (SSSR count). The predicted molar refractivity (Wildman–Crippen MR) is 51.9 cm³/mol. The van der Waals surface area contributed by atoms with Gasteiger partial charge in [0.05, 0.1) is 6.54 Å². The van der Waals surface area contributed by atoms with Gasteiger partial charge >= 0.3 is 5.97 Å². The summed E-state index contributed by atoms with van der Waals surface area (Å²) in [4.78, 5) is 10.8. The summed E-state index contributed by atoms with van der Waals surface area (Å²) in [6, 6.07) is 1.22. The highest BCUT2D eigenvalue weighted by Crippen LogP contribution is 1.92. The van der Waals surface area contributed by atoms with Gasteiger partial charge in [0.15, 0.2) is 0 Å². The fourth-order valence-electron chi connectivity index (χ4n) is 1.14. The lowest BCUT2D eigenvalue weighted by atomic mass is 10.3. The van der Waals surface area contributed by atoms with Crippen molar-refractivity contribution in [2.75, 3.05) is 6.54 Å². The largest absolute Gasteiger partial charge is 0.480 e. The van der Waals surface area contributed by atoms with E-state index in [1.165, 1.54) is 0 Å². The number of nitrogens with one attached hydrogen (secondary N) is 1. The third kappa shape index (κ3) is 3.18. The first-order valence-electron chi connectivity index (χ1n) is 4.67. The second-order valence-corrected chi connectivity index (χ2v) is 3.07. The van der Waals surface area contributed by atoms with Crippen molar-refractivity contribution in [3.63, 3.8) is 0 Å². The molecule has 1 unspecified atom stereocenters. The minimum Gasteiger partial charge on any atom is -0.480 e. The lowest BCUT2D eigenvalue weighted by molar-refractivity contribution is -0.139. The summed E-state index contributed by atoms with van der Waals surface area (Å²) in [5.74, 6) is -0.839. The van der Waals surface area contributed by atoms with Crippen LogP contribution in [-0.4, -0.2) is 33.4 Å². The number of nitrogens with zero attached hydrogens (tertiary/aromatic N) is 2. The average molecular weight is 197 g/mol. The second kappa shape index (κ2) is 5.39. The first-order valence-corrected chi connectivity index (χ1v) is 4.67. The van der Waals surface area contributed by atoms with Crippen LogP contribution in [0.1, 0.15) is 13.3 Å². The summed E-state index contributed by atoms with van der Waals surface area (Å²) in [6.45, 7) is 3.07. The van der Waals surface area contributed by atoms with E-state index in [9.17, 15) is 4.79 Å². The molecule has 0 spiro atoms. The van der Waals surface area contributed by atoms with Crippen LogP contribution in [0.2, 0.25) is 0 Å². The van der Waals surface area contributed by atoms with E-state index < -0.39 is 12.0 Å². The third-order valence-electron chi connectivity index (χ3n) is 1.87. The summed E-state index contributed by atoms with van der Waals surface area (Å²) in [5, 5.41) is 15.8. The van der Waals surface area contributed by atoms with Crippen molar-refractivity contribution in [3.8, 4) is 0 Å². The van der Waals surface area contributed by atoms with E-state index in [4.69, 9.17) is 5.11 Å². The first-order chi connectivity index (χ1) is 6.74. The highest BCUT2D eigenvalue weighted by atomic mass is 16.4. The van der Waals surface area contributed by atoms with Crippen molar-refractivity contribution in [2.45, 2.75) is 25.9 Å². The summed E-state index contributed by atoms with van der Waals surface area (Å²) in [7, 11) is 0. The molecule has 0 aliphatic carbocycles. The Hall–Kier alpha value is -1.36. The van der Waals surface area contributed by atoms with Crippen LogP contribution in [0.15, 0.2) is 18.5 Å². The van der Waals surface area contributed by atoms with E-state index in [1.807, 2.05) is 6.92 Å². The maximum Gasteiger partial charge on any atom is 0.322 e. The van der Waals surface area contributed by atoms with E-state index in [0.29, 0.717) is 13.1 Å². The van der Waals surface area contributed by atoms with E-state index >= 15 is 0 Å². The Morgan fingerprint density at radius 2 is 2.50 bits per heavy atom. The molecule has 78 valence electrons. The fraction of sp³-hybridized carbons (Fsp3) is 0.556. The monoisotopic (exact) mass is 197 g/mol. The lowest BCUT2D eigenvalue weighted by Crippen LogP contribution is -2.40. The predicted octanol–water partition coefficient (Wildman–Crippen LogP) is 0.336. The van der Waals surface area contributed by atoms with Crippen LogP contribution < -0.4 is 5.32 Å². The van der Waals surface area contributed by atoms with E-state index in [-0.39, 0.29) is 0 Å². The minimum atomic E-state index is -0.839. The van der Waals surface area contributed by atoms with Gasteiger partial charge in [-0.05, 0) is 19.0 Å². The summed E-state index contributed by atoms with van der Waals surface area (Å²) in [6.07, 6.45) is 4.31. The van der Waals surface area contributed by atoms with Gasteiger partial charge in [-0.3, -0.25) is 9.48 Å². The standard InChI is InChI=1S/C9H15N3O2/c1-2-4-10-8(9(13)14)7-12-6-3-5-11-12/h3,5-6,8,10H,2,4,7H2,1H3,(H,13,14). The normalized spacial score (nSPS) is 12.6. The van der Waals surface area contributed by atoms with Crippen molar-refractivity contribution < 1.29 is 9.90 Å². The Labute approximate surface area is 82.7 Å². The summed E-state index contributed by atoms with van der Waals surface area (Å²) >= 11 is 0. The number of carbonyl (C=O) groups is 1. The van der Waals surface area contributed by atoms with Crippen molar-refractivity contribution in [2.24, 2.45) is 0 Å². The highest BCUT2D eigenvalue weighted by Gasteiger charge is 2.16. The number of aromatic nitrogens is 2. The molecule has 5 nitrogen and oxygen atoms in total. The van der Waals surface area contributed by atoms with E-state index in [1.54, 1.807) is 23.1 Å². The number of rotatable bonds is 6. The molecule has 0 aromatic carbocycles. The molecule has 0 aliphatic rings. The molecule has 14 heavy (non-hydrogen) atoms. The van der Waals surface area contributed by atoms with Gasteiger partial charge in [-0.2, -0.15) is 5.10 Å². The van der Waals surface area contributed by atoms with Crippen LogP contribution in [0.4, 0.5) is 0 Å². The van der Waals surface area contributed by atoms with Crippen LogP contribution >= 0.6 is 0 Å². The van der Waals surface area contributed by atoms with Crippen LogP contribution in [-0.2, 0) is 11.3 Å². The van der Waals surface area contributed by atoms with Crippen molar-refractivity contribution >= 4 is 5.97 Å². The summed E-state index contributed by atoms with van der Waals surface area (Å²) < 4.78 is 1.61. The maximum absolute atomic E-state index is 10.8. The van der Waals surface area contributed by atoms with Crippen molar-refractivity contribution in [1.82, 2.24) is 15.1 Å². The van der Waals surface area contributed by atoms with Gasteiger partial charge in [-0.1, -0.05) is 6.92 Å². The smallest absolute Gasteiger partial charge is 0.322 e. The zero-order valence-corrected chi connectivity index (χ0v) is 8.18. The Morgan fingerprint density at radius 1 is 1.71 bits per heavy atom. The third-order valence-corrected chi connectivity index (χ3v) is 1.87. The quantitative estimate of drug-likeness (QED) is 0.690. The Balaban J connectivity index is 2.47. The first kappa shape index (κ1) is 10.7. The molecule has 2 N–H and O–H groups in total. The van der Waals surface area contributed by atoms with Gasteiger partial charge < -0.3 is 10.4 Å². The molecular weight excluding hydrogens is 182 g/mol. The van der Waals surface area contributed by atoms with Gasteiger partial charge in [0.2, 0.25) is 0 Å². The Morgan fingerprint density at radius 3 is 3.00 bits per heavy atom. The Bertz CT molecular complexity index is 272. The molecule has 0 fully saturated rings.